The maximum absolute atomic E-state index is 13.2. The van der Waals surface area contributed by atoms with Gasteiger partial charge in [-0.2, -0.15) is 0 Å². The van der Waals surface area contributed by atoms with Crippen LogP contribution in [-0.4, -0.2) is 54.3 Å². The largest absolute Gasteiger partial charge is 0.497 e. The first kappa shape index (κ1) is 21.6. The Morgan fingerprint density at radius 3 is 2.33 bits per heavy atom. The zero-order valence-electron chi connectivity index (χ0n) is 17.9. The lowest BCUT2D eigenvalue weighted by molar-refractivity contribution is -0.127. The van der Waals surface area contributed by atoms with Crippen LogP contribution in [0.25, 0.3) is 11.1 Å². The van der Waals surface area contributed by atoms with E-state index < -0.39 is 17.7 Å². The van der Waals surface area contributed by atoms with E-state index in [1.807, 2.05) is 0 Å². The summed E-state index contributed by atoms with van der Waals surface area (Å²) in [6.45, 7) is 6.90. The number of aryl methyl sites for hydroxylation is 1. The number of carbonyl (C=O) groups excluding carboxylic acids is 3. The maximum atomic E-state index is 13.2. The molecule has 1 aromatic carbocycles. The standard InChI is InChI=1S/C23H28N2O5/c1-5-30-23(28)18-15(3)24-20(19(18)16-6-8-17(29-4)9-7-16)21(26)22(27)25-12-10-14(2)11-13-25/h6-9,14,24H,5,10-13H2,1-4H3. The quantitative estimate of drug-likeness (QED) is 0.445. The monoisotopic (exact) mass is 412 g/mol. The van der Waals surface area contributed by atoms with Crippen molar-refractivity contribution in [1.82, 2.24) is 9.88 Å². The molecule has 1 N–H and O–H groups in total. The van der Waals surface area contributed by atoms with Crippen LogP contribution in [0.5, 0.6) is 5.75 Å². The molecule has 7 nitrogen and oxygen atoms in total. The van der Waals surface area contributed by atoms with E-state index in [9.17, 15) is 14.4 Å². The first-order valence-corrected chi connectivity index (χ1v) is 10.2. The lowest BCUT2D eigenvalue weighted by atomic mass is 9.96. The number of carbonyl (C=O) groups is 3. The number of H-pyrrole nitrogens is 1. The number of Topliss-reactive ketones (excluding diaryl/α,β-unsaturated/α-hetero) is 1. The number of likely N-dealkylation sites (tertiary alicyclic amines) is 1. The molecule has 2 aromatic rings. The summed E-state index contributed by atoms with van der Waals surface area (Å²) in [4.78, 5) is 43.3. The van der Waals surface area contributed by atoms with Gasteiger partial charge in [-0.3, -0.25) is 9.59 Å². The lowest BCUT2D eigenvalue weighted by Crippen LogP contribution is -2.42. The molecule has 160 valence electrons. The van der Waals surface area contributed by atoms with Gasteiger partial charge < -0.3 is 19.4 Å². The van der Waals surface area contributed by atoms with Crippen molar-refractivity contribution < 1.29 is 23.9 Å². The first-order chi connectivity index (χ1) is 14.4. The second kappa shape index (κ2) is 9.15. The average molecular weight is 412 g/mol. The van der Waals surface area contributed by atoms with Crippen LogP contribution >= 0.6 is 0 Å². The minimum atomic E-state index is -0.644. The molecule has 1 amide bonds. The van der Waals surface area contributed by atoms with E-state index in [0.29, 0.717) is 41.6 Å². The highest BCUT2D eigenvalue weighted by Gasteiger charge is 2.33. The van der Waals surface area contributed by atoms with Gasteiger partial charge in [0.2, 0.25) is 0 Å². The molecule has 7 heteroatoms. The molecule has 0 unspecified atom stereocenters. The molecule has 0 atom stereocenters. The number of methoxy groups -OCH3 is 1. The van der Waals surface area contributed by atoms with Crippen molar-refractivity contribution in [2.45, 2.75) is 33.6 Å². The van der Waals surface area contributed by atoms with Crippen LogP contribution in [0.2, 0.25) is 0 Å². The van der Waals surface area contributed by atoms with E-state index in [1.54, 1.807) is 50.1 Å². The van der Waals surface area contributed by atoms with Gasteiger partial charge in [0, 0.05) is 24.3 Å². The molecular weight excluding hydrogens is 384 g/mol. The summed E-state index contributed by atoms with van der Waals surface area (Å²) in [5.74, 6) is -0.532. The van der Waals surface area contributed by atoms with Crippen LogP contribution < -0.4 is 4.74 Å². The molecule has 1 aliphatic rings. The van der Waals surface area contributed by atoms with Crippen molar-refractivity contribution in [2.24, 2.45) is 5.92 Å². The predicted molar refractivity (Wildman–Crippen MR) is 113 cm³/mol. The average Bonchev–Trinajstić information content (AvgIpc) is 3.10. The maximum Gasteiger partial charge on any atom is 0.340 e. The van der Waals surface area contributed by atoms with Crippen LogP contribution in [0.4, 0.5) is 0 Å². The molecule has 1 fully saturated rings. The topological polar surface area (TPSA) is 88.7 Å². The summed E-state index contributed by atoms with van der Waals surface area (Å²) in [7, 11) is 1.56. The van der Waals surface area contributed by atoms with Crippen molar-refractivity contribution in [3.05, 3.63) is 41.2 Å². The molecule has 0 bridgehead atoms. The van der Waals surface area contributed by atoms with Gasteiger partial charge in [-0.1, -0.05) is 19.1 Å². The highest BCUT2D eigenvalue weighted by atomic mass is 16.5. The van der Waals surface area contributed by atoms with E-state index in [4.69, 9.17) is 9.47 Å². The molecule has 1 aliphatic heterocycles. The molecule has 1 aromatic heterocycles. The fraction of sp³-hybridized carbons (Fsp3) is 0.435. The summed E-state index contributed by atoms with van der Waals surface area (Å²) in [5.41, 5.74) is 1.89. The van der Waals surface area contributed by atoms with E-state index >= 15 is 0 Å². The third-order valence-corrected chi connectivity index (χ3v) is 5.54. The van der Waals surface area contributed by atoms with Gasteiger partial charge in [0.25, 0.3) is 11.7 Å². The van der Waals surface area contributed by atoms with E-state index in [0.717, 1.165) is 12.8 Å². The molecular formula is C23H28N2O5. The highest BCUT2D eigenvalue weighted by Crippen LogP contribution is 2.33. The van der Waals surface area contributed by atoms with Crippen LogP contribution in [0, 0.1) is 12.8 Å². The molecule has 0 radical (unpaired) electrons. The third-order valence-electron chi connectivity index (χ3n) is 5.54. The summed E-state index contributed by atoms with van der Waals surface area (Å²) in [6.07, 6.45) is 1.75. The Morgan fingerprint density at radius 2 is 1.77 bits per heavy atom. The Labute approximate surface area is 176 Å². The fourth-order valence-electron chi connectivity index (χ4n) is 3.76. The van der Waals surface area contributed by atoms with Crippen molar-refractivity contribution in [3.8, 4) is 16.9 Å². The fourth-order valence-corrected chi connectivity index (χ4v) is 3.76. The van der Waals surface area contributed by atoms with Gasteiger partial charge in [-0.05, 0) is 50.3 Å². The number of rotatable bonds is 6. The van der Waals surface area contributed by atoms with Crippen molar-refractivity contribution >= 4 is 17.7 Å². The van der Waals surface area contributed by atoms with Crippen molar-refractivity contribution in [1.29, 1.82) is 0 Å². The number of hydrogen-bond acceptors (Lipinski definition) is 5. The van der Waals surface area contributed by atoms with Gasteiger partial charge in [0.15, 0.2) is 0 Å². The number of nitrogens with one attached hydrogen (secondary N) is 1. The number of benzene rings is 1. The number of esters is 1. The van der Waals surface area contributed by atoms with Crippen LogP contribution in [-0.2, 0) is 9.53 Å². The minimum absolute atomic E-state index is 0.115. The minimum Gasteiger partial charge on any atom is -0.497 e. The summed E-state index contributed by atoms with van der Waals surface area (Å²) in [5, 5.41) is 0. The Morgan fingerprint density at radius 1 is 1.13 bits per heavy atom. The zero-order valence-corrected chi connectivity index (χ0v) is 17.9. The number of amides is 1. The number of ether oxygens (including phenoxy) is 2. The normalized spacial score (nSPS) is 14.5. The number of aromatic amines is 1. The van der Waals surface area contributed by atoms with Gasteiger partial charge >= 0.3 is 5.97 Å². The summed E-state index contributed by atoms with van der Waals surface area (Å²) < 4.78 is 10.4. The lowest BCUT2D eigenvalue weighted by Gasteiger charge is -2.29. The van der Waals surface area contributed by atoms with Gasteiger partial charge in [-0.15, -0.1) is 0 Å². The Balaban J connectivity index is 2.04. The first-order valence-electron chi connectivity index (χ1n) is 10.2. The summed E-state index contributed by atoms with van der Waals surface area (Å²) in [6, 6.07) is 7.01. The second-order valence-corrected chi connectivity index (χ2v) is 7.63. The van der Waals surface area contributed by atoms with Crippen LogP contribution in [0.1, 0.15) is 53.2 Å². The second-order valence-electron chi connectivity index (χ2n) is 7.63. The highest BCUT2D eigenvalue weighted by molar-refractivity contribution is 6.43. The SMILES string of the molecule is CCOC(=O)c1c(C)[nH]c(C(=O)C(=O)N2CCC(C)CC2)c1-c1ccc(OC)cc1. The zero-order chi connectivity index (χ0) is 21.8. The molecule has 3 rings (SSSR count). The predicted octanol–water partition coefficient (Wildman–Crippen LogP) is 3.62. The molecule has 0 aliphatic carbocycles. The molecule has 1 saturated heterocycles. The molecule has 30 heavy (non-hydrogen) atoms. The van der Waals surface area contributed by atoms with Gasteiger partial charge in [0.1, 0.15) is 11.4 Å². The van der Waals surface area contributed by atoms with Crippen LogP contribution in [0.15, 0.2) is 24.3 Å². The van der Waals surface area contributed by atoms with Crippen molar-refractivity contribution in [2.75, 3.05) is 26.8 Å². The van der Waals surface area contributed by atoms with Crippen LogP contribution in [0.3, 0.4) is 0 Å². The van der Waals surface area contributed by atoms with Gasteiger partial charge in [-0.25, -0.2) is 4.79 Å². The molecule has 0 saturated carbocycles. The Kier molecular flexibility index (Phi) is 6.59. The Hall–Kier alpha value is -3.09. The molecule has 0 spiro atoms. The van der Waals surface area contributed by atoms with E-state index in [-0.39, 0.29) is 17.9 Å². The number of piperidine rings is 1. The number of hydrogen-bond donors (Lipinski definition) is 1. The third kappa shape index (κ3) is 4.25. The van der Waals surface area contributed by atoms with Crippen molar-refractivity contribution in [3.63, 3.8) is 0 Å². The number of ketones is 1. The number of aromatic nitrogens is 1. The van der Waals surface area contributed by atoms with Gasteiger partial charge in [0.05, 0.1) is 19.3 Å². The molecule has 2 heterocycles. The smallest absolute Gasteiger partial charge is 0.340 e. The van der Waals surface area contributed by atoms with E-state index in [2.05, 4.69) is 11.9 Å². The van der Waals surface area contributed by atoms with E-state index in [1.165, 1.54) is 0 Å². The summed E-state index contributed by atoms with van der Waals surface area (Å²) >= 11 is 0. The Bertz CT molecular complexity index is 937. The number of nitrogens with zero attached hydrogens (tertiary/aromatic N) is 1.